The van der Waals surface area contributed by atoms with Crippen molar-refractivity contribution in [1.82, 2.24) is 5.32 Å². The van der Waals surface area contributed by atoms with Crippen LogP contribution < -0.4 is 10.6 Å². The Morgan fingerprint density at radius 1 is 1.18 bits per heavy atom. The van der Waals surface area contributed by atoms with Crippen LogP contribution in [0.15, 0.2) is 18.2 Å². The van der Waals surface area contributed by atoms with Gasteiger partial charge in [0.1, 0.15) is 0 Å². The Morgan fingerprint density at radius 2 is 1.82 bits per heavy atom. The molecule has 2 rings (SSSR count). The predicted molar refractivity (Wildman–Crippen MR) is 96.6 cm³/mol. The Labute approximate surface area is 146 Å². The van der Waals surface area contributed by atoms with E-state index in [2.05, 4.69) is 10.6 Å². The summed E-state index contributed by atoms with van der Waals surface area (Å²) < 4.78 is 0. The Kier molecular flexibility index (Phi) is 6.93. The molecule has 0 radical (unpaired) electrons. The normalized spacial score (nSPS) is 15.4. The molecule has 0 unspecified atom stereocenters. The van der Waals surface area contributed by atoms with E-state index in [-0.39, 0.29) is 11.0 Å². The van der Waals surface area contributed by atoms with E-state index in [4.69, 9.17) is 35.4 Å². The minimum Gasteiger partial charge on any atom is -0.330 e. The van der Waals surface area contributed by atoms with Gasteiger partial charge in [-0.2, -0.15) is 0 Å². The minimum absolute atomic E-state index is 0.0637. The molecule has 1 amide bonds. The van der Waals surface area contributed by atoms with Gasteiger partial charge in [0.05, 0.1) is 15.7 Å². The molecule has 0 atom stereocenters. The molecule has 0 aromatic heterocycles. The van der Waals surface area contributed by atoms with E-state index in [9.17, 15) is 4.79 Å². The van der Waals surface area contributed by atoms with Crippen molar-refractivity contribution in [3.05, 3.63) is 28.2 Å². The van der Waals surface area contributed by atoms with E-state index >= 15 is 0 Å². The molecule has 0 bridgehead atoms. The number of thiocarbonyl (C=S) groups is 1. The number of hydrogen-bond donors (Lipinski definition) is 2. The third-order valence-corrected chi connectivity index (χ3v) is 4.79. The van der Waals surface area contributed by atoms with Crippen molar-refractivity contribution in [3.63, 3.8) is 0 Å². The number of carbonyl (C=O) groups excluding carboxylic acids is 1. The number of anilines is 1. The number of halogens is 2. The third-order valence-electron chi connectivity index (χ3n) is 3.96. The molecular weight excluding hydrogens is 339 g/mol. The van der Waals surface area contributed by atoms with Gasteiger partial charge >= 0.3 is 0 Å². The van der Waals surface area contributed by atoms with Crippen molar-refractivity contribution in [2.75, 3.05) is 5.32 Å². The quantitative estimate of drug-likeness (QED) is 0.729. The zero-order chi connectivity index (χ0) is 15.9. The molecule has 22 heavy (non-hydrogen) atoms. The lowest BCUT2D eigenvalue weighted by atomic mass is 9.86. The standard InChI is InChI=1S/C16H20Cl2N2OS/c17-12-7-4-8-13(18)15(12)20-16(22)19-14(21)10-9-11-5-2-1-3-6-11/h4,7-8,11H,1-3,5-6,9-10H2,(H2,19,20,21,22). The van der Waals surface area contributed by atoms with Gasteiger partial charge in [0, 0.05) is 6.42 Å². The van der Waals surface area contributed by atoms with E-state index in [0.717, 1.165) is 6.42 Å². The van der Waals surface area contributed by atoms with Crippen molar-refractivity contribution in [2.24, 2.45) is 5.92 Å². The molecule has 1 aromatic carbocycles. The highest BCUT2D eigenvalue weighted by molar-refractivity contribution is 7.80. The van der Waals surface area contributed by atoms with E-state index in [0.29, 0.717) is 28.1 Å². The Morgan fingerprint density at radius 3 is 2.45 bits per heavy atom. The minimum atomic E-state index is -0.0637. The summed E-state index contributed by atoms with van der Waals surface area (Å²) in [6.07, 6.45) is 7.82. The fourth-order valence-electron chi connectivity index (χ4n) is 2.76. The van der Waals surface area contributed by atoms with Crippen LogP contribution in [0.25, 0.3) is 0 Å². The Bertz CT molecular complexity index is 525. The van der Waals surface area contributed by atoms with Crippen LogP contribution >= 0.6 is 35.4 Å². The van der Waals surface area contributed by atoms with Crippen LogP contribution in [-0.2, 0) is 4.79 Å². The maximum atomic E-state index is 12.0. The number of benzene rings is 1. The molecule has 0 spiro atoms. The highest BCUT2D eigenvalue weighted by atomic mass is 35.5. The summed E-state index contributed by atoms with van der Waals surface area (Å²) in [5.41, 5.74) is 0.517. The summed E-state index contributed by atoms with van der Waals surface area (Å²) in [7, 11) is 0. The number of nitrogens with one attached hydrogen (secondary N) is 2. The summed E-state index contributed by atoms with van der Waals surface area (Å²) in [5, 5.41) is 6.72. The lowest BCUT2D eigenvalue weighted by Crippen LogP contribution is -2.34. The van der Waals surface area contributed by atoms with Gasteiger partial charge in [0.25, 0.3) is 0 Å². The predicted octanol–water partition coefficient (Wildman–Crippen LogP) is 5.17. The maximum absolute atomic E-state index is 12.0. The average molecular weight is 359 g/mol. The number of para-hydroxylation sites is 1. The van der Waals surface area contributed by atoms with Gasteiger partial charge in [-0.25, -0.2) is 0 Å². The number of rotatable bonds is 4. The zero-order valence-corrected chi connectivity index (χ0v) is 14.7. The Hall–Kier alpha value is -0.840. The number of amides is 1. The van der Waals surface area contributed by atoms with Gasteiger partial charge in [-0.3, -0.25) is 4.79 Å². The van der Waals surface area contributed by atoms with E-state index in [1.54, 1.807) is 18.2 Å². The maximum Gasteiger partial charge on any atom is 0.226 e. The van der Waals surface area contributed by atoms with Crippen molar-refractivity contribution < 1.29 is 4.79 Å². The summed E-state index contributed by atoms with van der Waals surface area (Å²) >= 11 is 17.2. The number of carbonyl (C=O) groups is 1. The summed E-state index contributed by atoms with van der Waals surface area (Å²) in [5.74, 6) is 0.616. The fourth-order valence-corrected chi connectivity index (χ4v) is 3.47. The van der Waals surface area contributed by atoms with Gasteiger partial charge in [-0.05, 0) is 36.7 Å². The van der Waals surface area contributed by atoms with Gasteiger partial charge in [0.2, 0.25) is 5.91 Å². The lowest BCUT2D eigenvalue weighted by molar-refractivity contribution is -0.120. The van der Waals surface area contributed by atoms with Crippen molar-refractivity contribution >= 4 is 52.1 Å². The van der Waals surface area contributed by atoms with Gasteiger partial charge in [0.15, 0.2) is 5.11 Å². The molecule has 1 saturated carbocycles. The van der Waals surface area contributed by atoms with Crippen molar-refractivity contribution in [1.29, 1.82) is 0 Å². The second-order valence-corrected chi connectivity index (χ2v) is 6.86. The van der Waals surface area contributed by atoms with Crippen LogP contribution in [-0.4, -0.2) is 11.0 Å². The summed E-state index contributed by atoms with van der Waals surface area (Å²) in [6, 6.07) is 5.17. The first-order valence-corrected chi connectivity index (χ1v) is 8.77. The second-order valence-electron chi connectivity index (χ2n) is 5.64. The fraction of sp³-hybridized carbons (Fsp3) is 0.500. The molecule has 6 heteroatoms. The van der Waals surface area contributed by atoms with Crippen LogP contribution in [0, 0.1) is 5.92 Å². The first-order valence-electron chi connectivity index (χ1n) is 7.61. The molecule has 0 saturated heterocycles. The molecule has 1 aliphatic carbocycles. The first kappa shape index (κ1) is 17.5. The molecular formula is C16H20Cl2N2OS. The van der Waals surface area contributed by atoms with Crippen LogP contribution in [0.2, 0.25) is 10.0 Å². The second kappa shape index (κ2) is 8.70. The third kappa shape index (κ3) is 5.41. The van der Waals surface area contributed by atoms with Crippen LogP contribution in [0.1, 0.15) is 44.9 Å². The van der Waals surface area contributed by atoms with Crippen molar-refractivity contribution in [2.45, 2.75) is 44.9 Å². The highest BCUT2D eigenvalue weighted by Crippen LogP contribution is 2.30. The van der Waals surface area contributed by atoms with Crippen LogP contribution in [0.4, 0.5) is 5.69 Å². The SMILES string of the molecule is O=C(CCC1CCCCC1)NC(=S)Nc1c(Cl)cccc1Cl. The first-order chi connectivity index (χ1) is 10.6. The molecule has 1 fully saturated rings. The van der Waals surface area contributed by atoms with Gasteiger partial charge in [-0.15, -0.1) is 0 Å². The largest absolute Gasteiger partial charge is 0.330 e. The average Bonchev–Trinajstić information content (AvgIpc) is 2.50. The molecule has 3 nitrogen and oxygen atoms in total. The topological polar surface area (TPSA) is 41.1 Å². The Balaban J connectivity index is 1.77. The zero-order valence-electron chi connectivity index (χ0n) is 12.3. The molecule has 1 aromatic rings. The van der Waals surface area contributed by atoms with E-state index in [1.165, 1.54) is 32.1 Å². The summed E-state index contributed by atoms with van der Waals surface area (Å²) in [4.78, 5) is 12.0. The monoisotopic (exact) mass is 358 g/mol. The summed E-state index contributed by atoms with van der Waals surface area (Å²) in [6.45, 7) is 0. The van der Waals surface area contributed by atoms with E-state index < -0.39 is 0 Å². The molecule has 2 N–H and O–H groups in total. The van der Waals surface area contributed by atoms with Gasteiger partial charge < -0.3 is 10.6 Å². The molecule has 0 aliphatic heterocycles. The van der Waals surface area contributed by atoms with Crippen LogP contribution in [0.3, 0.4) is 0 Å². The van der Waals surface area contributed by atoms with Crippen LogP contribution in [0.5, 0.6) is 0 Å². The molecule has 120 valence electrons. The van der Waals surface area contributed by atoms with Crippen molar-refractivity contribution in [3.8, 4) is 0 Å². The molecule has 0 heterocycles. The lowest BCUT2D eigenvalue weighted by Gasteiger charge is -2.21. The highest BCUT2D eigenvalue weighted by Gasteiger charge is 2.15. The van der Waals surface area contributed by atoms with Gasteiger partial charge in [-0.1, -0.05) is 61.4 Å². The van der Waals surface area contributed by atoms with E-state index in [1.807, 2.05) is 0 Å². The number of hydrogen-bond acceptors (Lipinski definition) is 2. The molecule has 1 aliphatic rings. The smallest absolute Gasteiger partial charge is 0.226 e.